The van der Waals surface area contributed by atoms with Crippen molar-refractivity contribution in [1.29, 1.82) is 0 Å². The second kappa shape index (κ2) is 5.00. The summed E-state index contributed by atoms with van der Waals surface area (Å²) in [5.41, 5.74) is 6.13. The molecule has 0 unspecified atom stereocenters. The maximum atomic E-state index is 5.71. The topological polar surface area (TPSA) is 64.3 Å². The molecule has 18 heavy (non-hydrogen) atoms. The van der Waals surface area contributed by atoms with Crippen molar-refractivity contribution < 1.29 is 4.74 Å². The summed E-state index contributed by atoms with van der Waals surface area (Å²) in [6.07, 6.45) is 3.63. The van der Waals surface area contributed by atoms with Gasteiger partial charge in [0.25, 0.3) is 0 Å². The number of nitrogen functional groups attached to an aromatic ring is 1. The Morgan fingerprint density at radius 3 is 2.67 bits per heavy atom. The van der Waals surface area contributed by atoms with Gasteiger partial charge in [-0.05, 0) is 24.7 Å². The molecule has 0 spiro atoms. The fraction of sp³-hybridized carbons (Fsp3) is 0.692. The first-order valence-corrected chi connectivity index (χ1v) is 6.56. The van der Waals surface area contributed by atoms with E-state index in [-0.39, 0.29) is 5.95 Å². The first-order valence-electron chi connectivity index (χ1n) is 6.56. The van der Waals surface area contributed by atoms with Gasteiger partial charge in [0.2, 0.25) is 11.8 Å². The lowest BCUT2D eigenvalue weighted by molar-refractivity contribution is 0.301. The molecule has 1 aromatic heterocycles. The molecule has 5 nitrogen and oxygen atoms in total. The van der Waals surface area contributed by atoms with Crippen molar-refractivity contribution in [2.24, 2.45) is 5.41 Å². The summed E-state index contributed by atoms with van der Waals surface area (Å²) in [5.74, 6) is 1.68. The van der Waals surface area contributed by atoms with Crippen LogP contribution in [0.4, 0.5) is 11.8 Å². The summed E-state index contributed by atoms with van der Waals surface area (Å²) in [5, 5.41) is 0. The molecule has 0 aromatic carbocycles. The van der Waals surface area contributed by atoms with E-state index in [4.69, 9.17) is 10.5 Å². The predicted molar refractivity (Wildman–Crippen MR) is 72.8 cm³/mol. The van der Waals surface area contributed by atoms with Crippen LogP contribution in [0.1, 0.15) is 33.1 Å². The first-order chi connectivity index (χ1) is 8.62. The third-order valence-corrected chi connectivity index (χ3v) is 4.18. The quantitative estimate of drug-likeness (QED) is 0.886. The highest BCUT2D eigenvalue weighted by Crippen LogP contribution is 2.38. The van der Waals surface area contributed by atoms with Crippen LogP contribution in [0.3, 0.4) is 0 Å². The number of nitrogens with zero attached hydrogens (tertiary/aromatic N) is 3. The van der Waals surface area contributed by atoms with Crippen LogP contribution < -0.4 is 15.4 Å². The number of nitrogens with two attached hydrogens (primary N) is 1. The SMILES string of the molecule is CCC1(CC)CCN(c2cc(OC)nc(N)n2)C1. The van der Waals surface area contributed by atoms with Crippen molar-refractivity contribution in [1.82, 2.24) is 9.97 Å². The van der Waals surface area contributed by atoms with E-state index in [2.05, 4.69) is 28.7 Å². The van der Waals surface area contributed by atoms with Gasteiger partial charge in [-0.2, -0.15) is 9.97 Å². The van der Waals surface area contributed by atoms with Gasteiger partial charge in [-0.1, -0.05) is 13.8 Å². The number of anilines is 2. The van der Waals surface area contributed by atoms with Gasteiger partial charge in [-0.3, -0.25) is 0 Å². The Morgan fingerprint density at radius 2 is 2.11 bits per heavy atom. The summed E-state index contributed by atoms with van der Waals surface area (Å²) in [6, 6.07) is 1.86. The molecule has 0 amide bonds. The van der Waals surface area contributed by atoms with E-state index in [0.29, 0.717) is 11.3 Å². The molecule has 0 aliphatic carbocycles. The Balaban J connectivity index is 2.21. The summed E-state index contributed by atoms with van der Waals surface area (Å²) >= 11 is 0. The molecule has 0 saturated carbocycles. The van der Waals surface area contributed by atoms with E-state index in [1.807, 2.05) is 6.07 Å². The Labute approximate surface area is 108 Å². The molecule has 0 bridgehead atoms. The van der Waals surface area contributed by atoms with Crippen LogP contribution in [0.15, 0.2) is 6.07 Å². The van der Waals surface area contributed by atoms with Crippen molar-refractivity contribution in [3.05, 3.63) is 6.07 Å². The lowest BCUT2D eigenvalue weighted by Gasteiger charge is -2.26. The van der Waals surface area contributed by atoms with Gasteiger partial charge in [0.05, 0.1) is 7.11 Å². The van der Waals surface area contributed by atoms with Crippen LogP contribution in [-0.2, 0) is 0 Å². The molecule has 2 heterocycles. The van der Waals surface area contributed by atoms with Gasteiger partial charge in [0.1, 0.15) is 5.82 Å². The van der Waals surface area contributed by atoms with Crippen molar-refractivity contribution in [3.63, 3.8) is 0 Å². The molecule has 0 atom stereocenters. The zero-order chi connectivity index (χ0) is 13.2. The monoisotopic (exact) mass is 250 g/mol. The first kappa shape index (κ1) is 12.9. The van der Waals surface area contributed by atoms with Gasteiger partial charge in [0, 0.05) is 19.2 Å². The number of methoxy groups -OCH3 is 1. The molecule has 5 heteroatoms. The molecule has 100 valence electrons. The number of rotatable bonds is 4. The normalized spacial score (nSPS) is 18.1. The fourth-order valence-electron chi connectivity index (χ4n) is 2.65. The minimum Gasteiger partial charge on any atom is -0.481 e. The van der Waals surface area contributed by atoms with Gasteiger partial charge in [0.15, 0.2) is 0 Å². The largest absolute Gasteiger partial charge is 0.481 e. The zero-order valence-electron chi connectivity index (χ0n) is 11.4. The van der Waals surface area contributed by atoms with Crippen molar-refractivity contribution in [2.45, 2.75) is 33.1 Å². The third-order valence-electron chi connectivity index (χ3n) is 4.18. The highest BCUT2D eigenvalue weighted by atomic mass is 16.5. The molecule has 1 fully saturated rings. The molecule has 0 radical (unpaired) electrons. The van der Waals surface area contributed by atoms with Gasteiger partial charge in [-0.25, -0.2) is 0 Å². The van der Waals surface area contributed by atoms with Crippen LogP contribution in [-0.4, -0.2) is 30.2 Å². The molecule has 2 rings (SSSR count). The molecule has 1 aromatic rings. The summed E-state index contributed by atoms with van der Waals surface area (Å²) < 4.78 is 5.14. The zero-order valence-corrected chi connectivity index (χ0v) is 11.4. The summed E-state index contributed by atoms with van der Waals surface area (Å²) in [7, 11) is 1.60. The molecule has 1 aliphatic rings. The van der Waals surface area contributed by atoms with Crippen LogP contribution in [0, 0.1) is 5.41 Å². The van der Waals surface area contributed by atoms with Gasteiger partial charge in [-0.15, -0.1) is 0 Å². The van der Waals surface area contributed by atoms with E-state index in [1.54, 1.807) is 7.11 Å². The second-order valence-corrected chi connectivity index (χ2v) is 5.01. The average molecular weight is 250 g/mol. The van der Waals surface area contributed by atoms with Crippen LogP contribution in [0.5, 0.6) is 5.88 Å². The second-order valence-electron chi connectivity index (χ2n) is 5.01. The maximum Gasteiger partial charge on any atom is 0.225 e. The molecular weight excluding hydrogens is 228 g/mol. The smallest absolute Gasteiger partial charge is 0.225 e. The van der Waals surface area contributed by atoms with E-state index in [1.165, 1.54) is 19.3 Å². The number of ether oxygens (including phenoxy) is 1. The molecule has 1 saturated heterocycles. The van der Waals surface area contributed by atoms with Crippen LogP contribution in [0.25, 0.3) is 0 Å². The van der Waals surface area contributed by atoms with Crippen LogP contribution >= 0.6 is 0 Å². The lowest BCUT2D eigenvalue weighted by atomic mass is 9.82. The standard InChI is InChI=1S/C13H22N4O/c1-4-13(5-2)6-7-17(9-13)10-8-11(18-3)16-12(14)15-10/h8H,4-7,9H2,1-3H3,(H2,14,15,16). The predicted octanol–water partition coefficient (Wildman–Crippen LogP) is 2.08. The average Bonchev–Trinajstić information content (AvgIpc) is 2.83. The van der Waals surface area contributed by atoms with Crippen molar-refractivity contribution in [2.75, 3.05) is 30.8 Å². The van der Waals surface area contributed by atoms with Crippen LogP contribution in [0.2, 0.25) is 0 Å². The minimum atomic E-state index is 0.273. The molecule has 1 aliphatic heterocycles. The highest BCUT2D eigenvalue weighted by molar-refractivity contribution is 5.46. The summed E-state index contributed by atoms with van der Waals surface area (Å²) in [4.78, 5) is 10.6. The number of hydrogen-bond donors (Lipinski definition) is 1. The highest BCUT2D eigenvalue weighted by Gasteiger charge is 2.35. The Hall–Kier alpha value is -1.52. The lowest BCUT2D eigenvalue weighted by Crippen LogP contribution is -2.27. The van der Waals surface area contributed by atoms with E-state index in [9.17, 15) is 0 Å². The molecule has 2 N–H and O–H groups in total. The van der Waals surface area contributed by atoms with E-state index in [0.717, 1.165) is 18.9 Å². The number of hydrogen-bond acceptors (Lipinski definition) is 5. The van der Waals surface area contributed by atoms with Gasteiger partial charge < -0.3 is 15.4 Å². The Kier molecular flexibility index (Phi) is 3.59. The molecular formula is C13H22N4O. The van der Waals surface area contributed by atoms with Gasteiger partial charge >= 0.3 is 0 Å². The Bertz CT molecular complexity index is 417. The van der Waals surface area contributed by atoms with Crippen molar-refractivity contribution in [3.8, 4) is 5.88 Å². The third kappa shape index (κ3) is 2.35. The Morgan fingerprint density at radius 1 is 1.39 bits per heavy atom. The summed E-state index contributed by atoms with van der Waals surface area (Å²) in [6.45, 7) is 6.60. The minimum absolute atomic E-state index is 0.273. The van der Waals surface area contributed by atoms with Crippen molar-refractivity contribution >= 4 is 11.8 Å². The fourth-order valence-corrected chi connectivity index (χ4v) is 2.65. The van der Waals surface area contributed by atoms with E-state index < -0.39 is 0 Å². The van der Waals surface area contributed by atoms with E-state index >= 15 is 0 Å². The number of aromatic nitrogens is 2. The maximum absolute atomic E-state index is 5.71.